The smallest absolute Gasteiger partial charge is 1.00 e. The molecule has 0 aromatic heterocycles. The molecule has 0 bridgehead atoms. The van der Waals surface area contributed by atoms with Gasteiger partial charge in [-0.3, -0.25) is 0 Å². The van der Waals surface area contributed by atoms with E-state index in [1.54, 1.807) is 0 Å². The molecule has 0 aliphatic heterocycles. The number of ether oxygens (including phenoxy) is 2. The van der Waals surface area contributed by atoms with Gasteiger partial charge in [0.05, 0.1) is 6.61 Å². The summed E-state index contributed by atoms with van der Waals surface area (Å²) >= 11 is 0. The quantitative estimate of drug-likeness (QED) is 0.180. The fourth-order valence-corrected chi connectivity index (χ4v) is 0.810. The Morgan fingerprint density at radius 3 is 2.40 bits per heavy atom. The Morgan fingerprint density at radius 1 is 1.13 bits per heavy atom. The van der Waals surface area contributed by atoms with E-state index in [0.717, 1.165) is 32.5 Å². The van der Waals surface area contributed by atoms with E-state index in [0.29, 0.717) is 6.79 Å². The molecule has 4 heteroatoms. The third kappa shape index (κ3) is 20.7. The first-order chi connectivity index (χ1) is 6.41. The summed E-state index contributed by atoms with van der Waals surface area (Å²) in [5.41, 5.74) is 0. The number of unbranched alkanes of at least 4 members (excludes halogenated alkanes) is 1. The van der Waals surface area contributed by atoms with Crippen LogP contribution in [0.5, 0.6) is 0 Å². The Kier molecular flexibility index (Phi) is 28.3. The van der Waals surface area contributed by atoms with Gasteiger partial charge in [0.15, 0.2) is 0 Å². The number of halogens is 1. The molecule has 2 nitrogen and oxygen atoms in total. The molecule has 0 saturated heterocycles. The summed E-state index contributed by atoms with van der Waals surface area (Å²) in [6.45, 7) is 7.83. The maximum absolute atomic E-state index is 5.23. The zero-order valence-electron chi connectivity index (χ0n) is 9.71. The Morgan fingerprint density at radius 2 is 1.80 bits per heavy atom. The Hall–Kier alpha value is 0.716. The van der Waals surface area contributed by atoms with Crippen molar-refractivity contribution in [1.29, 1.82) is 0 Å². The fourth-order valence-electron chi connectivity index (χ4n) is 0.810. The van der Waals surface area contributed by atoms with Crippen molar-refractivity contribution in [3.05, 3.63) is 19.1 Å². The molecule has 0 fully saturated rings. The van der Waals surface area contributed by atoms with Crippen LogP contribution in [0.25, 0.3) is 0 Å². The van der Waals surface area contributed by atoms with Crippen LogP contribution in [0.1, 0.15) is 32.6 Å². The number of hydrogen-bond acceptors (Lipinski definition) is 2. The van der Waals surface area contributed by atoms with Crippen molar-refractivity contribution in [2.24, 2.45) is 0 Å². The molecule has 86 valence electrons. The Labute approximate surface area is 116 Å². The summed E-state index contributed by atoms with van der Waals surface area (Å²) in [6, 6.07) is 0. The largest absolute Gasteiger partial charge is 2.00 e. The van der Waals surface area contributed by atoms with Gasteiger partial charge in [-0.05, 0) is 12.8 Å². The maximum Gasteiger partial charge on any atom is 2.00 e. The topological polar surface area (TPSA) is 18.5 Å². The fraction of sp³-hybridized carbons (Fsp3) is 0.727. The molecule has 0 rings (SSSR count). The molecule has 0 heterocycles. The zero-order chi connectivity index (χ0) is 9.78. The van der Waals surface area contributed by atoms with Crippen molar-refractivity contribution in [3.8, 4) is 0 Å². The molecule has 0 unspecified atom stereocenters. The number of hydrogen-bond donors (Lipinski definition) is 0. The van der Waals surface area contributed by atoms with E-state index in [-0.39, 0.29) is 35.5 Å². The average molecular weight is 245 g/mol. The van der Waals surface area contributed by atoms with Crippen LogP contribution in [-0.4, -0.2) is 43.1 Å². The van der Waals surface area contributed by atoms with E-state index >= 15 is 0 Å². The van der Waals surface area contributed by atoms with E-state index < -0.39 is 0 Å². The zero-order valence-corrected chi connectivity index (χ0v) is 11.9. The summed E-state index contributed by atoms with van der Waals surface area (Å²) in [5, 5.41) is 0. The predicted molar refractivity (Wildman–Crippen MR) is 61.2 cm³/mol. The van der Waals surface area contributed by atoms with Crippen molar-refractivity contribution in [2.75, 3.05) is 20.0 Å². The second-order valence-corrected chi connectivity index (χ2v) is 2.84. The molecular weight excluding hydrogens is 224 g/mol. The van der Waals surface area contributed by atoms with Crippen LogP contribution in [0.2, 0.25) is 0 Å². The summed E-state index contributed by atoms with van der Waals surface area (Å²) in [6.07, 6.45) is 8.22. The minimum atomic E-state index is 0. The van der Waals surface area contributed by atoms with Crippen LogP contribution >= 0.6 is 0 Å². The first-order valence-electron chi connectivity index (χ1n) is 5.01. The number of allylic oxidation sites excluding steroid dienone is 1. The first-order valence-corrected chi connectivity index (χ1v) is 5.01. The molecule has 0 spiro atoms. The van der Waals surface area contributed by atoms with Crippen LogP contribution < -0.4 is 12.4 Å². The van der Waals surface area contributed by atoms with E-state index in [2.05, 4.69) is 19.9 Å². The summed E-state index contributed by atoms with van der Waals surface area (Å²) < 4.78 is 10.5. The van der Waals surface area contributed by atoms with Crippen LogP contribution in [0, 0.1) is 6.92 Å². The summed E-state index contributed by atoms with van der Waals surface area (Å²) in [4.78, 5) is 0. The summed E-state index contributed by atoms with van der Waals surface area (Å²) in [5.74, 6) is 0. The van der Waals surface area contributed by atoms with Crippen molar-refractivity contribution in [2.45, 2.75) is 32.6 Å². The van der Waals surface area contributed by atoms with Gasteiger partial charge in [0.25, 0.3) is 0 Å². The monoisotopic (exact) mass is 244 g/mol. The molecule has 0 radical (unpaired) electrons. The second-order valence-electron chi connectivity index (χ2n) is 2.84. The first kappa shape index (κ1) is 21.0. The standard InChI is InChI=1S/C11H21O2.ClH.Mg/c1-3-5-7-8-10-13-11-12-9-6-4-2;;/h5,7H,1,3-4,6,8-11H2,2H3;1H;/q-1;;+2/p-1/b7-5+;;. The van der Waals surface area contributed by atoms with Gasteiger partial charge in [-0.2, -0.15) is 6.42 Å². The molecule has 0 aromatic carbocycles. The molecule has 0 atom stereocenters. The molecule has 0 aliphatic carbocycles. The van der Waals surface area contributed by atoms with Gasteiger partial charge in [0.1, 0.15) is 6.79 Å². The van der Waals surface area contributed by atoms with Crippen molar-refractivity contribution in [1.82, 2.24) is 0 Å². The van der Waals surface area contributed by atoms with Crippen molar-refractivity contribution in [3.63, 3.8) is 0 Å². The molecule has 0 aromatic rings. The van der Waals surface area contributed by atoms with Crippen molar-refractivity contribution < 1.29 is 21.9 Å². The van der Waals surface area contributed by atoms with Crippen LogP contribution in [0.4, 0.5) is 0 Å². The second kappa shape index (κ2) is 20.2. The van der Waals surface area contributed by atoms with E-state index in [9.17, 15) is 0 Å². The van der Waals surface area contributed by atoms with Crippen LogP contribution in [0.3, 0.4) is 0 Å². The molecule has 15 heavy (non-hydrogen) atoms. The van der Waals surface area contributed by atoms with Gasteiger partial charge < -0.3 is 28.8 Å². The van der Waals surface area contributed by atoms with Gasteiger partial charge in [0, 0.05) is 6.61 Å². The SMILES string of the molecule is [CH2-]C/C=C/CCOCOCCCC.[Cl-].[Mg+2]. The van der Waals surface area contributed by atoms with Gasteiger partial charge in [0.2, 0.25) is 0 Å². The minimum absolute atomic E-state index is 0. The molecule has 0 aliphatic rings. The van der Waals surface area contributed by atoms with Crippen LogP contribution in [-0.2, 0) is 9.47 Å². The molecular formula is C11H21ClMgO2. The van der Waals surface area contributed by atoms with Gasteiger partial charge in [-0.1, -0.05) is 19.4 Å². The molecule has 0 amide bonds. The average Bonchev–Trinajstić information content (AvgIpc) is 2.16. The third-order valence-corrected chi connectivity index (χ3v) is 1.57. The minimum Gasteiger partial charge on any atom is -1.00 e. The van der Waals surface area contributed by atoms with Gasteiger partial charge in [-0.15, -0.1) is 6.08 Å². The van der Waals surface area contributed by atoms with Crippen LogP contribution in [0.15, 0.2) is 12.2 Å². The van der Waals surface area contributed by atoms with E-state index in [4.69, 9.17) is 9.47 Å². The third-order valence-electron chi connectivity index (χ3n) is 1.57. The van der Waals surface area contributed by atoms with Crippen molar-refractivity contribution >= 4 is 23.1 Å². The normalized spacial score (nSPS) is 9.73. The van der Waals surface area contributed by atoms with Gasteiger partial charge >= 0.3 is 23.1 Å². The molecule has 0 saturated carbocycles. The Bertz CT molecular complexity index is 121. The van der Waals surface area contributed by atoms with Gasteiger partial charge in [-0.25, -0.2) is 0 Å². The predicted octanol–water partition coefficient (Wildman–Crippen LogP) is -0.429. The number of rotatable bonds is 9. The Balaban J connectivity index is -0.000000720. The summed E-state index contributed by atoms with van der Waals surface area (Å²) in [7, 11) is 0. The molecule has 0 N–H and O–H groups in total. The van der Waals surface area contributed by atoms with E-state index in [1.807, 2.05) is 6.08 Å². The van der Waals surface area contributed by atoms with E-state index in [1.165, 1.54) is 6.42 Å². The maximum atomic E-state index is 5.23.